The second-order valence-electron chi connectivity index (χ2n) is 3.54. The van der Waals surface area contributed by atoms with Crippen LogP contribution in [-0.2, 0) is 4.79 Å². The standard InChI is InChI=1S/C10H10BrNO3/c1-15-9-7(2-5(11)4-12-9)6-3-8(6)10(13)14/h2,4,6,8H,3H2,1H3,(H,13,14). The molecule has 1 fully saturated rings. The van der Waals surface area contributed by atoms with Crippen LogP contribution < -0.4 is 4.74 Å². The first kappa shape index (κ1) is 10.4. The maximum atomic E-state index is 10.8. The zero-order valence-electron chi connectivity index (χ0n) is 8.11. The van der Waals surface area contributed by atoms with Crippen LogP contribution in [0.5, 0.6) is 5.88 Å². The van der Waals surface area contributed by atoms with Gasteiger partial charge in [-0.25, -0.2) is 4.98 Å². The highest BCUT2D eigenvalue weighted by Gasteiger charge is 2.45. The van der Waals surface area contributed by atoms with Crippen LogP contribution >= 0.6 is 15.9 Å². The first-order valence-corrected chi connectivity index (χ1v) is 5.35. The third kappa shape index (κ3) is 1.97. The van der Waals surface area contributed by atoms with Crippen molar-refractivity contribution < 1.29 is 14.6 Å². The molecule has 2 rings (SSSR count). The topological polar surface area (TPSA) is 59.4 Å². The number of carbonyl (C=O) groups is 1. The number of pyridine rings is 1. The minimum absolute atomic E-state index is 0.0439. The molecule has 1 N–H and O–H groups in total. The highest BCUT2D eigenvalue weighted by Crippen LogP contribution is 2.50. The summed E-state index contributed by atoms with van der Waals surface area (Å²) < 4.78 is 5.95. The molecule has 0 spiro atoms. The van der Waals surface area contributed by atoms with Gasteiger partial charge in [-0.1, -0.05) is 0 Å². The summed E-state index contributed by atoms with van der Waals surface area (Å²) in [5.74, 6) is -0.466. The second kappa shape index (κ2) is 3.81. The first-order valence-electron chi connectivity index (χ1n) is 4.55. The minimum Gasteiger partial charge on any atom is -0.481 e. The summed E-state index contributed by atoms with van der Waals surface area (Å²) in [5.41, 5.74) is 0.874. The molecule has 2 atom stereocenters. The number of rotatable bonds is 3. The molecule has 1 aliphatic carbocycles. The zero-order valence-corrected chi connectivity index (χ0v) is 9.69. The zero-order chi connectivity index (χ0) is 11.0. The maximum Gasteiger partial charge on any atom is 0.307 e. The lowest BCUT2D eigenvalue weighted by molar-refractivity contribution is -0.138. The number of aliphatic carboxylic acids is 1. The van der Waals surface area contributed by atoms with Crippen molar-refractivity contribution in [2.75, 3.05) is 7.11 Å². The molecule has 2 unspecified atom stereocenters. The number of carboxylic acids is 1. The lowest BCUT2D eigenvalue weighted by Crippen LogP contribution is -2.01. The van der Waals surface area contributed by atoms with E-state index in [-0.39, 0.29) is 11.8 Å². The van der Waals surface area contributed by atoms with E-state index < -0.39 is 5.97 Å². The summed E-state index contributed by atoms with van der Waals surface area (Å²) in [7, 11) is 1.54. The molecule has 0 amide bonds. The quantitative estimate of drug-likeness (QED) is 0.914. The highest BCUT2D eigenvalue weighted by molar-refractivity contribution is 9.10. The monoisotopic (exact) mass is 271 g/mol. The van der Waals surface area contributed by atoms with Crippen LogP contribution in [-0.4, -0.2) is 23.2 Å². The van der Waals surface area contributed by atoms with Gasteiger partial charge in [0.15, 0.2) is 0 Å². The molecule has 1 saturated carbocycles. The van der Waals surface area contributed by atoms with Gasteiger partial charge in [0, 0.05) is 22.2 Å². The largest absolute Gasteiger partial charge is 0.481 e. The first-order chi connectivity index (χ1) is 7.13. The van der Waals surface area contributed by atoms with Gasteiger partial charge in [-0.3, -0.25) is 4.79 Å². The molecular weight excluding hydrogens is 262 g/mol. The maximum absolute atomic E-state index is 10.8. The molecule has 0 radical (unpaired) electrons. The van der Waals surface area contributed by atoms with Crippen molar-refractivity contribution in [3.8, 4) is 5.88 Å². The molecule has 1 heterocycles. The van der Waals surface area contributed by atoms with E-state index in [0.29, 0.717) is 12.3 Å². The van der Waals surface area contributed by atoms with E-state index in [4.69, 9.17) is 9.84 Å². The molecule has 1 aliphatic rings. The van der Waals surface area contributed by atoms with Gasteiger partial charge >= 0.3 is 5.97 Å². The van der Waals surface area contributed by atoms with Crippen molar-refractivity contribution >= 4 is 21.9 Å². The Balaban J connectivity index is 2.28. The van der Waals surface area contributed by atoms with Gasteiger partial charge in [-0.2, -0.15) is 0 Å². The number of halogens is 1. The number of aromatic nitrogens is 1. The Morgan fingerprint density at radius 2 is 2.47 bits per heavy atom. The number of hydrogen-bond acceptors (Lipinski definition) is 3. The fourth-order valence-electron chi connectivity index (χ4n) is 1.69. The molecule has 1 aromatic heterocycles. The Kier molecular flexibility index (Phi) is 2.65. The molecule has 5 heteroatoms. The van der Waals surface area contributed by atoms with Crippen molar-refractivity contribution in [3.63, 3.8) is 0 Å². The smallest absolute Gasteiger partial charge is 0.307 e. The molecular formula is C10H10BrNO3. The Hall–Kier alpha value is -1.10. The average Bonchev–Trinajstić information content (AvgIpc) is 2.97. The average molecular weight is 272 g/mol. The van der Waals surface area contributed by atoms with Crippen LogP contribution in [0.2, 0.25) is 0 Å². The van der Waals surface area contributed by atoms with Gasteiger partial charge in [0.05, 0.1) is 13.0 Å². The van der Waals surface area contributed by atoms with Crippen LogP contribution in [0.25, 0.3) is 0 Å². The Labute approximate surface area is 95.4 Å². The Morgan fingerprint density at radius 3 is 3.00 bits per heavy atom. The van der Waals surface area contributed by atoms with Gasteiger partial charge in [0.1, 0.15) is 0 Å². The van der Waals surface area contributed by atoms with Gasteiger partial charge < -0.3 is 9.84 Å². The summed E-state index contributed by atoms with van der Waals surface area (Å²) in [6.45, 7) is 0. The minimum atomic E-state index is -0.748. The predicted octanol–water partition coefficient (Wildman–Crippen LogP) is 2.04. The Morgan fingerprint density at radius 1 is 1.73 bits per heavy atom. The molecule has 0 aliphatic heterocycles. The summed E-state index contributed by atoms with van der Waals surface area (Å²) in [6, 6.07) is 1.87. The fraction of sp³-hybridized carbons (Fsp3) is 0.400. The fourth-order valence-corrected chi connectivity index (χ4v) is 2.04. The van der Waals surface area contributed by atoms with Gasteiger partial charge in [0.25, 0.3) is 0 Å². The van der Waals surface area contributed by atoms with E-state index in [1.54, 1.807) is 6.20 Å². The van der Waals surface area contributed by atoms with Crippen LogP contribution in [0.1, 0.15) is 17.9 Å². The normalized spacial score (nSPS) is 23.6. The molecule has 15 heavy (non-hydrogen) atoms. The second-order valence-corrected chi connectivity index (χ2v) is 4.45. The van der Waals surface area contributed by atoms with E-state index in [2.05, 4.69) is 20.9 Å². The number of nitrogens with zero attached hydrogens (tertiary/aromatic N) is 1. The predicted molar refractivity (Wildman–Crippen MR) is 57.0 cm³/mol. The van der Waals surface area contributed by atoms with E-state index in [1.807, 2.05) is 6.07 Å². The SMILES string of the molecule is COc1ncc(Br)cc1C1CC1C(=O)O. The summed E-state index contributed by atoms with van der Waals surface area (Å²) in [4.78, 5) is 14.8. The highest BCUT2D eigenvalue weighted by atomic mass is 79.9. The van der Waals surface area contributed by atoms with E-state index in [1.165, 1.54) is 7.11 Å². The van der Waals surface area contributed by atoms with Crippen molar-refractivity contribution in [3.05, 3.63) is 22.3 Å². The van der Waals surface area contributed by atoms with Crippen molar-refractivity contribution in [2.45, 2.75) is 12.3 Å². The van der Waals surface area contributed by atoms with Crippen LogP contribution in [0.15, 0.2) is 16.7 Å². The molecule has 0 saturated heterocycles. The summed E-state index contributed by atoms with van der Waals surface area (Å²) in [5, 5.41) is 8.84. The summed E-state index contributed by atoms with van der Waals surface area (Å²) in [6.07, 6.45) is 2.31. The number of methoxy groups -OCH3 is 1. The van der Waals surface area contributed by atoms with E-state index in [0.717, 1.165) is 10.0 Å². The molecule has 80 valence electrons. The third-order valence-electron chi connectivity index (χ3n) is 2.55. The van der Waals surface area contributed by atoms with Crippen molar-refractivity contribution in [2.24, 2.45) is 5.92 Å². The van der Waals surface area contributed by atoms with E-state index >= 15 is 0 Å². The third-order valence-corrected chi connectivity index (χ3v) is 2.98. The number of hydrogen-bond donors (Lipinski definition) is 1. The molecule has 0 bridgehead atoms. The van der Waals surface area contributed by atoms with Gasteiger partial charge in [-0.05, 0) is 28.4 Å². The molecule has 0 aromatic carbocycles. The summed E-state index contributed by atoms with van der Waals surface area (Å²) >= 11 is 3.31. The van der Waals surface area contributed by atoms with Crippen LogP contribution in [0.3, 0.4) is 0 Å². The lowest BCUT2D eigenvalue weighted by atomic mass is 10.1. The van der Waals surface area contributed by atoms with Crippen molar-refractivity contribution in [1.29, 1.82) is 0 Å². The number of ether oxygens (including phenoxy) is 1. The van der Waals surface area contributed by atoms with Crippen molar-refractivity contribution in [1.82, 2.24) is 4.98 Å². The lowest BCUT2D eigenvalue weighted by Gasteiger charge is -2.06. The Bertz CT molecular complexity index is 408. The molecule has 1 aromatic rings. The van der Waals surface area contributed by atoms with Crippen LogP contribution in [0, 0.1) is 5.92 Å². The van der Waals surface area contributed by atoms with E-state index in [9.17, 15) is 4.79 Å². The molecule has 4 nitrogen and oxygen atoms in total. The number of carboxylic acid groups (broad SMARTS) is 1. The van der Waals surface area contributed by atoms with Gasteiger partial charge in [-0.15, -0.1) is 0 Å². The van der Waals surface area contributed by atoms with Crippen LogP contribution in [0.4, 0.5) is 0 Å². The van der Waals surface area contributed by atoms with Gasteiger partial charge in [0.2, 0.25) is 5.88 Å².